The number of imide groups is 1. The Hall–Kier alpha value is -3.96. The van der Waals surface area contributed by atoms with Crippen LogP contribution in [0, 0.1) is 0 Å². The van der Waals surface area contributed by atoms with Crippen molar-refractivity contribution in [1.29, 1.82) is 0 Å². The molecule has 2 aliphatic heterocycles. The van der Waals surface area contributed by atoms with Crippen molar-refractivity contribution in [2.45, 2.75) is 13.1 Å². The Morgan fingerprint density at radius 2 is 1.00 bits per heavy atom. The minimum atomic E-state index is -1.87. The molecule has 0 bridgehead atoms. The fraction of sp³-hybridized carbons (Fsp3) is 0.0714. The topological polar surface area (TPSA) is 40.6 Å². The highest BCUT2D eigenvalue weighted by molar-refractivity contribution is 7.02. The van der Waals surface area contributed by atoms with E-state index >= 15 is 0 Å². The second-order valence-electron chi connectivity index (χ2n) is 9.01. The van der Waals surface area contributed by atoms with Crippen molar-refractivity contribution >= 4 is 53.0 Å². The van der Waals surface area contributed by atoms with E-state index in [-0.39, 0.29) is 11.8 Å². The van der Waals surface area contributed by atoms with Gasteiger partial charge in [0, 0.05) is 17.1 Å². The molecule has 0 saturated carbocycles. The predicted molar refractivity (Wildman–Crippen MR) is 135 cm³/mol. The molecule has 2 aliphatic rings. The van der Waals surface area contributed by atoms with E-state index < -0.39 is 8.07 Å². The molecule has 0 spiro atoms. The molecular formula is C28H22N2O2Si. The van der Waals surface area contributed by atoms with E-state index in [1.54, 1.807) is 24.3 Å². The van der Waals surface area contributed by atoms with Gasteiger partial charge < -0.3 is 4.90 Å². The predicted octanol–water partition coefficient (Wildman–Crippen LogP) is 5.09. The summed E-state index contributed by atoms with van der Waals surface area (Å²) in [6.45, 7) is 4.77. The number of hydrogen-bond acceptors (Lipinski definition) is 3. The van der Waals surface area contributed by atoms with Crippen LogP contribution in [0.3, 0.4) is 0 Å². The van der Waals surface area contributed by atoms with E-state index in [1.165, 1.54) is 15.3 Å². The van der Waals surface area contributed by atoms with Gasteiger partial charge in [0.1, 0.15) is 8.07 Å². The number of fused-ring (bicyclic) bond motifs is 3. The van der Waals surface area contributed by atoms with Crippen LogP contribution in [0.25, 0.3) is 0 Å². The molecule has 0 unspecified atom stereocenters. The van der Waals surface area contributed by atoms with Crippen molar-refractivity contribution in [1.82, 2.24) is 0 Å². The number of carbonyl (C=O) groups excluding carboxylic acids is 2. The fourth-order valence-corrected chi connectivity index (χ4v) is 8.13. The van der Waals surface area contributed by atoms with Gasteiger partial charge in [0.05, 0.1) is 16.8 Å². The number of carbonyl (C=O) groups is 2. The first kappa shape index (κ1) is 19.7. The lowest BCUT2D eigenvalue weighted by molar-refractivity contribution is 0.0926. The number of anilines is 4. The van der Waals surface area contributed by atoms with Gasteiger partial charge in [0.15, 0.2) is 0 Å². The van der Waals surface area contributed by atoms with Crippen molar-refractivity contribution in [3.05, 3.63) is 108 Å². The highest BCUT2D eigenvalue weighted by Crippen LogP contribution is 2.40. The minimum absolute atomic E-state index is 0.277. The molecule has 0 saturated heterocycles. The first-order valence-corrected chi connectivity index (χ1v) is 14.1. The molecule has 0 N–H and O–H groups in total. The summed E-state index contributed by atoms with van der Waals surface area (Å²) in [5.41, 5.74) is 4.73. The van der Waals surface area contributed by atoms with E-state index in [2.05, 4.69) is 66.5 Å². The Bertz CT molecular complexity index is 1380. The lowest BCUT2D eigenvalue weighted by Gasteiger charge is -2.41. The number of hydrogen-bond donors (Lipinski definition) is 0. The smallest absolute Gasteiger partial charge is 0.266 e. The van der Waals surface area contributed by atoms with Crippen LogP contribution in [0.4, 0.5) is 22.7 Å². The Balaban J connectivity index is 1.51. The zero-order valence-corrected chi connectivity index (χ0v) is 19.4. The number of nitrogens with zero attached hydrogens (tertiary/aromatic N) is 2. The van der Waals surface area contributed by atoms with Crippen molar-refractivity contribution in [2.24, 2.45) is 0 Å². The van der Waals surface area contributed by atoms with Crippen LogP contribution >= 0.6 is 0 Å². The third-order valence-corrected chi connectivity index (χ3v) is 10.3. The Morgan fingerprint density at radius 3 is 1.55 bits per heavy atom. The van der Waals surface area contributed by atoms with E-state index in [0.29, 0.717) is 16.8 Å². The highest BCUT2D eigenvalue weighted by atomic mass is 28.3. The van der Waals surface area contributed by atoms with Crippen molar-refractivity contribution in [3.63, 3.8) is 0 Å². The monoisotopic (exact) mass is 446 g/mol. The van der Waals surface area contributed by atoms with Crippen LogP contribution in [-0.2, 0) is 0 Å². The largest absolute Gasteiger partial charge is 0.311 e. The van der Waals surface area contributed by atoms with E-state index in [4.69, 9.17) is 0 Å². The summed E-state index contributed by atoms with van der Waals surface area (Å²) < 4.78 is 0. The molecule has 160 valence electrons. The summed E-state index contributed by atoms with van der Waals surface area (Å²) >= 11 is 0. The van der Waals surface area contributed by atoms with E-state index in [0.717, 1.165) is 17.1 Å². The van der Waals surface area contributed by atoms with Crippen LogP contribution in [0.1, 0.15) is 20.7 Å². The third kappa shape index (κ3) is 2.76. The summed E-state index contributed by atoms with van der Waals surface area (Å²) in [6.07, 6.45) is 0. The maximum atomic E-state index is 13.1. The van der Waals surface area contributed by atoms with Crippen LogP contribution in [-0.4, -0.2) is 19.9 Å². The van der Waals surface area contributed by atoms with Crippen LogP contribution in [0.5, 0.6) is 0 Å². The Labute approximate surface area is 193 Å². The molecule has 5 heteroatoms. The molecule has 4 aromatic carbocycles. The van der Waals surface area contributed by atoms with Gasteiger partial charge in [0.25, 0.3) is 11.8 Å². The molecule has 0 aliphatic carbocycles. The molecule has 0 aromatic heterocycles. The Morgan fingerprint density at radius 1 is 0.545 bits per heavy atom. The van der Waals surface area contributed by atoms with Crippen molar-refractivity contribution in [2.75, 3.05) is 9.80 Å². The SMILES string of the molecule is C[Si]1(C)c2ccccc2N(c2cccc(N3C(=O)c4ccccc4C3=O)c2)c2ccccc21. The van der Waals surface area contributed by atoms with Gasteiger partial charge in [0.2, 0.25) is 0 Å². The average molecular weight is 447 g/mol. The summed E-state index contributed by atoms with van der Waals surface area (Å²) in [4.78, 5) is 29.7. The second kappa shape index (κ2) is 7.02. The molecule has 6 rings (SSSR count). The van der Waals surface area contributed by atoms with Gasteiger partial charge in [-0.1, -0.05) is 67.7 Å². The molecule has 0 radical (unpaired) electrons. The minimum Gasteiger partial charge on any atom is -0.311 e. The van der Waals surface area contributed by atoms with Crippen LogP contribution in [0.15, 0.2) is 97.1 Å². The van der Waals surface area contributed by atoms with Gasteiger partial charge in [-0.05, 0) is 52.8 Å². The zero-order chi connectivity index (χ0) is 22.7. The maximum absolute atomic E-state index is 13.1. The van der Waals surface area contributed by atoms with Crippen LogP contribution in [0.2, 0.25) is 13.1 Å². The zero-order valence-electron chi connectivity index (χ0n) is 18.4. The van der Waals surface area contributed by atoms with Gasteiger partial charge in [-0.25, -0.2) is 4.90 Å². The van der Waals surface area contributed by atoms with Crippen LogP contribution < -0.4 is 20.2 Å². The van der Waals surface area contributed by atoms with Gasteiger partial charge >= 0.3 is 0 Å². The summed E-state index contributed by atoms with van der Waals surface area (Å²) in [5.74, 6) is -0.554. The molecular weight excluding hydrogens is 424 g/mol. The first-order chi connectivity index (χ1) is 16.0. The van der Waals surface area contributed by atoms with Gasteiger partial charge in [-0.2, -0.15) is 0 Å². The van der Waals surface area contributed by atoms with Gasteiger partial charge in [-0.15, -0.1) is 0 Å². The number of rotatable bonds is 2. The van der Waals surface area contributed by atoms with Crippen molar-refractivity contribution < 1.29 is 9.59 Å². The summed E-state index contributed by atoms with van der Waals surface area (Å²) in [5, 5.41) is 2.74. The van der Waals surface area contributed by atoms with Gasteiger partial charge in [-0.3, -0.25) is 9.59 Å². The molecule has 2 heterocycles. The normalized spacial score (nSPS) is 15.8. The molecule has 0 atom stereocenters. The summed E-state index contributed by atoms with van der Waals surface area (Å²) in [6, 6.07) is 31.9. The molecule has 2 amide bonds. The average Bonchev–Trinajstić information content (AvgIpc) is 3.10. The lowest BCUT2D eigenvalue weighted by Crippen LogP contribution is -2.58. The maximum Gasteiger partial charge on any atom is 0.266 e. The number of para-hydroxylation sites is 2. The van der Waals surface area contributed by atoms with E-state index in [1.807, 2.05) is 24.3 Å². The summed E-state index contributed by atoms with van der Waals surface area (Å²) in [7, 11) is -1.87. The number of amides is 2. The molecule has 0 fully saturated rings. The molecule has 4 nitrogen and oxygen atoms in total. The standard InChI is InChI=1S/C28H22N2O2Si/c1-33(2)25-16-7-5-14-23(25)29(24-15-6-8-17-26(24)33)19-10-9-11-20(18-19)30-27(31)21-12-3-4-13-22(21)28(30)32/h3-18H,1-2H3. The Kier molecular flexibility index (Phi) is 4.19. The fourth-order valence-electron chi connectivity index (χ4n) is 5.14. The highest BCUT2D eigenvalue weighted by Gasteiger charge is 2.39. The van der Waals surface area contributed by atoms with Crippen molar-refractivity contribution in [3.8, 4) is 0 Å². The van der Waals surface area contributed by atoms with E-state index in [9.17, 15) is 9.59 Å². The number of benzene rings is 4. The first-order valence-electron chi connectivity index (χ1n) is 11.1. The quantitative estimate of drug-likeness (QED) is 0.318. The second-order valence-corrected chi connectivity index (χ2v) is 13.3. The lowest BCUT2D eigenvalue weighted by atomic mass is 10.1. The third-order valence-electron chi connectivity index (χ3n) is 6.78. The molecule has 33 heavy (non-hydrogen) atoms. The molecule has 4 aromatic rings.